The minimum atomic E-state index is -0.538. The Labute approximate surface area is 88.7 Å². The normalized spacial score (nSPS) is 37.1. The van der Waals surface area contributed by atoms with Crippen molar-refractivity contribution in [1.82, 2.24) is 0 Å². The third-order valence-corrected chi connectivity index (χ3v) is 3.72. The maximum absolute atomic E-state index is 11.7. The van der Waals surface area contributed by atoms with Gasteiger partial charge in [-0.05, 0) is 31.1 Å². The topological polar surface area (TPSA) is 35.5 Å². The maximum atomic E-state index is 11.7. The molecule has 3 rings (SSSR count). The summed E-state index contributed by atoms with van der Waals surface area (Å²) < 4.78 is 11.3. The van der Waals surface area contributed by atoms with E-state index in [0.717, 1.165) is 18.4 Å². The first kappa shape index (κ1) is 9.31. The van der Waals surface area contributed by atoms with Crippen LogP contribution in [0.1, 0.15) is 19.8 Å². The van der Waals surface area contributed by atoms with Gasteiger partial charge in [-0.2, -0.15) is 0 Å². The molecule has 0 aromatic rings. The molecular formula is C12H14O3. The summed E-state index contributed by atoms with van der Waals surface area (Å²) >= 11 is 0. The Kier molecular flexibility index (Phi) is 1.74. The van der Waals surface area contributed by atoms with E-state index in [-0.39, 0.29) is 11.2 Å². The number of rotatable bonds is 0. The van der Waals surface area contributed by atoms with Crippen LogP contribution >= 0.6 is 0 Å². The van der Waals surface area contributed by atoms with Crippen LogP contribution in [0, 0.1) is 5.41 Å². The lowest BCUT2D eigenvalue weighted by molar-refractivity contribution is -0.138. The van der Waals surface area contributed by atoms with Crippen molar-refractivity contribution < 1.29 is 14.3 Å². The average Bonchev–Trinajstić information content (AvgIpc) is 2.78. The molecule has 1 heterocycles. The highest BCUT2D eigenvalue weighted by Gasteiger charge is 2.48. The number of hydrogen-bond donors (Lipinski definition) is 0. The lowest BCUT2D eigenvalue weighted by atomic mass is 9.73. The molecule has 1 saturated heterocycles. The summed E-state index contributed by atoms with van der Waals surface area (Å²) in [6.45, 7) is 3.30. The summed E-state index contributed by atoms with van der Waals surface area (Å²) in [7, 11) is 0. The van der Waals surface area contributed by atoms with Gasteiger partial charge in [-0.3, -0.25) is 4.79 Å². The van der Waals surface area contributed by atoms with Crippen LogP contribution in [0.2, 0.25) is 0 Å². The van der Waals surface area contributed by atoms with Gasteiger partial charge >= 0.3 is 0 Å². The highest BCUT2D eigenvalue weighted by molar-refractivity contribution is 6.01. The maximum Gasteiger partial charge on any atom is 0.188 e. The SMILES string of the molecule is C[C@]12CCC3(C=C1C=CC2=O)OCCO3. The van der Waals surface area contributed by atoms with E-state index in [1.165, 1.54) is 0 Å². The second-order valence-electron chi connectivity index (χ2n) is 4.64. The summed E-state index contributed by atoms with van der Waals surface area (Å²) in [6, 6.07) is 0. The number of allylic oxidation sites excluding steroid dienone is 3. The molecule has 0 N–H and O–H groups in total. The molecule has 0 unspecified atom stereocenters. The van der Waals surface area contributed by atoms with Crippen LogP contribution in [0.4, 0.5) is 0 Å². The van der Waals surface area contributed by atoms with Crippen molar-refractivity contribution in [2.24, 2.45) is 5.41 Å². The average molecular weight is 206 g/mol. The first-order valence-electron chi connectivity index (χ1n) is 5.38. The van der Waals surface area contributed by atoms with Gasteiger partial charge in [0.1, 0.15) is 0 Å². The van der Waals surface area contributed by atoms with Gasteiger partial charge in [-0.15, -0.1) is 0 Å². The van der Waals surface area contributed by atoms with Gasteiger partial charge in [0.2, 0.25) is 0 Å². The van der Waals surface area contributed by atoms with E-state index in [9.17, 15) is 4.79 Å². The lowest BCUT2D eigenvalue weighted by Gasteiger charge is -2.36. The molecule has 2 aliphatic carbocycles. The number of hydrogen-bond acceptors (Lipinski definition) is 3. The summed E-state index contributed by atoms with van der Waals surface area (Å²) in [5.41, 5.74) is 0.737. The molecule has 1 aliphatic heterocycles. The van der Waals surface area contributed by atoms with E-state index < -0.39 is 5.79 Å². The van der Waals surface area contributed by atoms with E-state index in [0.29, 0.717) is 13.2 Å². The van der Waals surface area contributed by atoms with Crippen LogP contribution in [-0.2, 0) is 14.3 Å². The first-order chi connectivity index (χ1) is 7.15. The monoisotopic (exact) mass is 206 g/mol. The Morgan fingerprint density at radius 3 is 2.67 bits per heavy atom. The molecule has 0 radical (unpaired) electrons. The Balaban J connectivity index is 2.01. The predicted octanol–water partition coefficient (Wildman–Crippen LogP) is 1.59. The second kappa shape index (κ2) is 2.80. The zero-order chi connectivity index (χ0) is 10.5. The molecule has 1 atom stereocenters. The minimum absolute atomic E-state index is 0.210. The molecule has 3 aliphatic rings. The molecule has 3 nitrogen and oxygen atoms in total. The molecule has 1 fully saturated rings. The second-order valence-corrected chi connectivity index (χ2v) is 4.64. The van der Waals surface area contributed by atoms with Crippen molar-refractivity contribution >= 4 is 5.78 Å². The quantitative estimate of drug-likeness (QED) is 0.604. The molecule has 3 heteroatoms. The summed E-state index contributed by atoms with van der Waals surface area (Å²) in [4.78, 5) is 11.7. The third-order valence-electron chi connectivity index (χ3n) is 3.72. The molecule has 0 saturated carbocycles. The molecule has 1 spiro atoms. The van der Waals surface area contributed by atoms with Gasteiger partial charge in [0, 0.05) is 6.42 Å². The van der Waals surface area contributed by atoms with Crippen molar-refractivity contribution in [2.45, 2.75) is 25.6 Å². The Morgan fingerprint density at radius 1 is 1.20 bits per heavy atom. The lowest BCUT2D eigenvalue weighted by Crippen LogP contribution is -2.38. The van der Waals surface area contributed by atoms with Crippen molar-refractivity contribution in [2.75, 3.05) is 13.2 Å². The van der Waals surface area contributed by atoms with Gasteiger partial charge in [-0.1, -0.05) is 6.08 Å². The molecular weight excluding hydrogens is 192 g/mol. The van der Waals surface area contributed by atoms with E-state index in [4.69, 9.17) is 9.47 Å². The predicted molar refractivity (Wildman–Crippen MR) is 54.2 cm³/mol. The molecule has 0 aromatic carbocycles. The molecule has 0 aromatic heterocycles. The molecule has 80 valence electrons. The van der Waals surface area contributed by atoms with Gasteiger partial charge in [0.25, 0.3) is 0 Å². The Bertz CT molecular complexity index is 374. The van der Waals surface area contributed by atoms with Gasteiger partial charge in [-0.25, -0.2) is 0 Å². The van der Waals surface area contributed by atoms with Crippen LogP contribution < -0.4 is 0 Å². The number of carbonyl (C=O) groups excluding carboxylic acids is 1. The van der Waals surface area contributed by atoms with Crippen LogP contribution in [0.3, 0.4) is 0 Å². The molecule has 15 heavy (non-hydrogen) atoms. The van der Waals surface area contributed by atoms with Gasteiger partial charge in [0.15, 0.2) is 11.6 Å². The van der Waals surface area contributed by atoms with Gasteiger partial charge in [0.05, 0.1) is 18.6 Å². The Morgan fingerprint density at radius 2 is 1.93 bits per heavy atom. The number of fused-ring (bicyclic) bond motifs is 1. The van der Waals surface area contributed by atoms with Crippen LogP contribution in [0.5, 0.6) is 0 Å². The van der Waals surface area contributed by atoms with Crippen LogP contribution in [0.25, 0.3) is 0 Å². The minimum Gasteiger partial charge on any atom is -0.344 e. The van der Waals surface area contributed by atoms with Crippen molar-refractivity contribution in [3.8, 4) is 0 Å². The highest BCUT2D eigenvalue weighted by Crippen LogP contribution is 2.47. The summed E-state index contributed by atoms with van der Waals surface area (Å²) in [5, 5.41) is 0. The van der Waals surface area contributed by atoms with Crippen molar-refractivity contribution in [3.05, 3.63) is 23.8 Å². The van der Waals surface area contributed by atoms with E-state index in [1.54, 1.807) is 6.08 Å². The highest BCUT2D eigenvalue weighted by atomic mass is 16.7. The van der Waals surface area contributed by atoms with Gasteiger partial charge < -0.3 is 9.47 Å². The molecule has 0 bridgehead atoms. The van der Waals surface area contributed by atoms with E-state index in [2.05, 4.69) is 0 Å². The fourth-order valence-electron chi connectivity index (χ4n) is 2.58. The fraction of sp³-hybridized carbons (Fsp3) is 0.583. The number of ketones is 1. The van der Waals surface area contributed by atoms with E-state index >= 15 is 0 Å². The van der Waals surface area contributed by atoms with Crippen LogP contribution in [-0.4, -0.2) is 24.8 Å². The third kappa shape index (κ3) is 1.17. The number of ether oxygens (including phenoxy) is 2. The largest absolute Gasteiger partial charge is 0.344 e. The number of carbonyl (C=O) groups is 1. The fourth-order valence-corrected chi connectivity index (χ4v) is 2.58. The van der Waals surface area contributed by atoms with Crippen LogP contribution in [0.15, 0.2) is 23.8 Å². The summed E-state index contributed by atoms with van der Waals surface area (Å²) in [6.07, 6.45) is 7.14. The smallest absolute Gasteiger partial charge is 0.188 e. The zero-order valence-corrected chi connectivity index (χ0v) is 8.79. The molecule has 0 amide bonds. The van der Waals surface area contributed by atoms with E-state index in [1.807, 2.05) is 19.1 Å². The zero-order valence-electron chi connectivity index (χ0n) is 8.79. The van der Waals surface area contributed by atoms with Crippen molar-refractivity contribution in [3.63, 3.8) is 0 Å². The van der Waals surface area contributed by atoms with Crippen molar-refractivity contribution in [1.29, 1.82) is 0 Å². The Hall–Kier alpha value is -0.930. The summed E-state index contributed by atoms with van der Waals surface area (Å²) in [5.74, 6) is -0.328. The first-order valence-corrected chi connectivity index (χ1v) is 5.38. The standard InChI is InChI=1S/C12H14O3/c1-11-4-5-12(14-6-7-15-12)8-9(11)2-3-10(11)13/h2-3,8H,4-7H2,1H3/t11-/m0/s1.